The van der Waals surface area contributed by atoms with Crippen molar-refractivity contribution < 1.29 is 8.42 Å². The molecule has 0 saturated heterocycles. The monoisotopic (exact) mass is 387 g/mol. The number of nitrogens with one attached hydrogen (secondary N) is 4. The summed E-state index contributed by atoms with van der Waals surface area (Å²) in [5.41, 5.74) is 2.60. The number of anilines is 4. The number of sulfonamides is 1. The molecule has 1 saturated carbocycles. The zero-order valence-corrected chi connectivity index (χ0v) is 15.8. The van der Waals surface area contributed by atoms with Gasteiger partial charge in [0.05, 0.1) is 10.9 Å². The summed E-state index contributed by atoms with van der Waals surface area (Å²) in [5.74, 6) is 1.08. The van der Waals surface area contributed by atoms with Crippen molar-refractivity contribution in [2.45, 2.75) is 38.0 Å². The number of H-pyrrole nitrogens is 1. The van der Waals surface area contributed by atoms with Crippen molar-refractivity contribution in [1.82, 2.24) is 20.4 Å². The van der Waals surface area contributed by atoms with Gasteiger partial charge in [0.2, 0.25) is 10.0 Å². The molecule has 0 unspecified atom stereocenters. The first-order valence-corrected chi connectivity index (χ1v) is 10.3. The molecule has 1 aromatic carbocycles. The molecule has 0 aliphatic heterocycles. The largest absolute Gasteiger partial charge is 0.368 e. The molecule has 10 heteroatoms. The molecular weight excluding hydrogens is 366 g/mol. The first-order valence-electron chi connectivity index (χ1n) is 8.77. The van der Waals surface area contributed by atoms with Gasteiger partial charge in [-0.15, -0.1) is 0 Å². The van der Waals surface area contributed by atoms with Crippen LogP contribution >= 0.6 is 0 Å². The standard InChI is InChI=1S/C17H21N7O2S/c1-10(2)18-16-8-7-14(23-27(25,26)12-4-5-12)17(20-16)19-11-3-6-13-15(9-11)22-24-21-13/h3,6-10,12,23H,4-5H2,1-2H3,(H2,18,19,20)(H,21,22,24). The van der Waals surface area contributed by atoms with E-state index < -0.39 is 10.0 Å². The first-order chi connectivity index (χ1) is 12.9. The number of benzene rings is 1. The van der Waals surface area contributed by atoms with Crippen LogP contribution < -0.4 is 15.4 Å². The van der Waals surface area contributed by atoms with Crippen molar-refractivity contribution in [1.29, 1.82) is 0 Å². The van der Waals surface area contributed by atoms with Gasteiger partial charge in [0, 0.05) is 11.7 Å². The van der Waals surface area contributed by atoms with Gasteiger partial charge in [-0.1, -0.05) is 0 Å². The van der Waals surface area contributed by atoms with Crippen molar-refractivity contribution in [3.05, 3.63) is 30.3 Å². The lowest BCUT2D eigenvalue weighted by Gasteiger charge is -2.16. The van der Waals surface area contributed by atoms with Crippen LogP contribution in [0.2, 0.25) is 0 Å². The highest BCUT2D eigenvalue weighted by molar-refractivity contribution is 7.93. The molecule has 1 aliphatic carbocycles. The minimum atomic E-state index is -3.39. The summed E-state index contributed by atoms with van der Waals surface area (Å²) in [6.07, 6.45) is 1.39. The number of nitrogens with zero attached hydrogens (tertiary/aromatic N) is 3. The molecule has 2 aromatic heterocycles. The second-order valence-electron chi connectivity index (χ2n) is 6.89. The molecule has 9 nitrogen and oxygen atoms in total. The van der Waals surface area contributed by atoms with Crippen LogP contribution in [0.15, 0.2) is 30.3 Å². The predicted molar refractivity (Wildman–Crippen MR) is 106 cm³/mol. The smallest absolute Gasteiger partial charge is 0.235 e. The Labute approximate surface area is 157 Å². The summed E-state index contributed by atoms with van der Waals surface area (Å²) in [4.78, 5) is 4.55. The highest BCUT2D eigenvalue weighted by atomic mass is 32.2. The molecular formula is C17H21N7O2S. The summed E-state index contributed by atoms with van der Waals surface area (Å²) in [7, 11) is -3.39. The minimum Gasteiger partial charge on any atom is -0.368 e. The fraction of sp³-hybridized carbons (Fsp3) is 0.353. The van der Waals surface area contributed by atoms with Crippen LogP contribution in [0, 0.1) is 0 Å². The normalized spacial score (nSPS) is 14.5. The first kappa shape index (κ1) is 17.5. The van der Waals surface area contributed by atoms with Gasteiger partial charge in [-0.25, -0.2) is 13.4 Å². The van der Waals surface area contributed by atoms with Crippen LogP contribution in [0.1, 0.15) is 26.7 Å². The van der Waals surface area contributed by atoms with Crippen LogP contribution in [-0.4, -0.2) is 40.1 Å². The highest BCUT2D eigenvalue weighted by Gasteiger charge is 2.36. The Morgan fingerprint density at radius 1 is 1.11 bits per heavy atom. The van der Waals surface area contributed by atoms with E-state index in [1.807, 2.05) is 32.0 Å². The molecule has 0 atom stereocenters. The number of aromatic amines is 1. The third-order valence-corrected chi connectivity index (χ3v) is 5.98. The average Bonchev–Trinajstić information content (AvgIpc) is 3.36. The van der Waals surface area contributed by atoms with E-state index in [1.54, 1.807) is 12.1 Å². The summed E-state index contributed by atoms with van der Waals surface area (Å²) in [5, 5.41) is 16.8. The van der Waals surface area contributed by atoms with Crippen LogP contribution in [0.25, 0.3) is 11.0 Å². The fourth-order valence-corrected chi connectivity index (χ4v) is 4.08. The van der Waals surface area contributed by atoms with E-state index in [1.165, 1.54) is 0 Å². The molecule has 1 aliphatic rings. The van der Waals surface area contributed by atoms with E-state index in [0.717, 1.165) is 11.2 Å². The van der Waals surface area contributed by atoms with E-state index in [9.17, 15) is 8.42 Å². The summed E-state index contributed by atoms with van der Waals surface area (Å²) < 4.78 is 27.4. The zero-order chi connectivity index (χ0) is 19.0. The molecule has 4 rings (SSSR count). The maximum absolute atomic E-state index is 12.4. The number of pyridine rings is 1. The number of hydrogen-bond donors (Lipinski definition) is 4. The van der Waals surface area contributed by atoms with Crippen molar-refractivity contribution in [3.8, 4) is 0 Å². The van der Waals surface area contributed by atoms with Gasteiger partial charge in [-0.3, -0.25) is 4.72 Å². The predicted octanol–water partition coefficient (Wildman–Crippen LogP) is 2.82. The third-order valence-electron chi connectivity index (χ3n) is 4.13. The van der Waals surface area contributed by atoms with Crippen LogP contribution in [0.4, 0.5) is 23.0 Å². The number of aromatic nitrogens is 4. The Kier molecular flexibility index (Phi) is 4.34. The van der Waals surface area contributed by atoms with E-state index in [4.69, 9.17) is 0 Å². The molecule has 0 radical (unpaired) electrons. The van der Waals surface area contributed by atoms with Crippen molar-refractivity contribution in [2.75, 3.05) is 15.4 Å². The number of hydrogen-bond acceptors (Lipinski definition) is 7. The van der Waals surface area contributed by atoms with E-state index in [-0.39, 0.29) is 11.3 Å². The van der Waals surface area contributed by atoms with E-state index >= 15 is 0 Å². The quantitative estimate of drug-likeness (QED) is 0.491. The van der Waals surface area contributed by atoms with Crippen LogP contribution in [0.3, 0.4) is 0 Å². The maximum Gasteiger partial charge on any atom is 0.235 e. The van der Waals surface area contributed by atoms with Gasteiger partial charge < -0.3 is 10.6 Å². The number of rotatable bonds is 7. The molecule has 0 bridgehead atoms. The molecule has 0 amide bonds. The van der Waals surface area contributed by atoms with Gasteiger partial charge in [-0.2, -0.15) is 15.4 Å². The Hall–Kier alpha value is -2.88. The fourth-order valence-electron chi connectivity index (χ4n) is 2.68. The van der Waals surface area contributed by atoms with E-state index in [2.05, 4.69) is 35.8 Å². The Morgan fingerprint density at radius 3 is 2.63 bits per heavy atom. The minimum absolute atomic E-state index is 0.200. The van der Waals surface area contributed by atoms with Gasteiger partial charge in [-0.05, 0) is 57.0 Å². The summed E-state index contributed by atoms with van der Waals surface area (Å²) >= 11 is 0. The van der Waals surface area contributed by atoms with Crippen LogP contribution in [0.5, 0.6) is 0 Å². The Bertz CT molecular complexity index is 1070. The molecule has 0 spiro atoms. The topological polar surface area (TPSA) is 125 Å². The second kappa shape index (κ2) is 6.69. The lowest BCUT2D eigenvalue weighted by atomic mass is 10.2. The van der Waals surface area contributed by atoms with Crippen molar-refractivity contribution in [3.63, 3.8) is 0 Å². The van der Waals surface area contributed by atoms with Gasteiger partial charge in [0.25, 0.3) is 0 Å². The zero-order valence-electron chi connectivity index (χ0n) is 15.0. The third kappa shape index (κ3) is 3.95. The lowest BCUT2D eigenvalue weighted by Crippen LogP contribution is -2.19. The lowest BCUT2D eigenvalue weighted by molar-refractivity contribution is 0.600. The molecule has 142 valence electrons. The highest BCUT2D eigenvalue weighted by Crippen LogP contribution is 2.33. The van der Waals surface area contributed by atoms with Gasteiger partial charge >= 0.3 is 0 Å². The molecule has 27 heavy (non-hydrogen) atoms. The summed E-state index contributed by atoms with van der Waals surface area (Å²) in [6, 6.07) is 9.17. The molecule has 2 heterocycles. The maximum atomic E-state index is 12.4. The molecule has 3 aromatic rings. The second-order valence-corrected chi connectivity index (χ2v) is 8.85. The molecule has 1 fully saturated rings. The van der Waals surface area contributed by atoms with E-state index in [0.29, 0.717) is 35.7 Å². The Morgan fingerprint density at radius 2 is 1.89 bits per heavy atom. The van der Waals surface area contributed by atoms with Crippen molar-refractivity contribution in [2.24, 2.45) is 0 Å². The van der Waals surface area contributed by atoms with Gasteiger partial charge in [0.15, 0.2) is 5.82 Å². The molecule has 4 N–H and O–H groups in total. The summed E-state index contributed by atoms with van der Waals surface area (Å²) in [6.45, 7) is 4.02. The number of fused-ring (bicyclic) bond motifs is 1. The Balaban J connectivity index is 1.67. The van der Waals surface area contributed by atoms with Gasteiger partial charge in [0.1, 0.15) is 16.9 Å². The van der Waals surface area contributed by atoms with Crippen LogP contribution in [-0.2, 0) is 10.0 Å². The van der Waals surface area contributed by atoms with Crippen molar-refractivity contribution >= 4 is 44.1 Å². The average molecular weight is 387 g/mol. The SMILES string of the molecule is CC(C)Nc1ccc(NS(=O)(=O)C2CC2)c(Nc2ccc3n[nH]nc3c2)n1.